The van der Waals surface area contributed by atoms with Crippen LogP contribution in [-0.4, -0.2) is 51.4 Å². The van der Waals surface area contributed by atoms with Gasteiger partial charge < -0.3 is 25.8 Å². The SMILES string of the molecule is CCNC(=NCc1ccc(C(N)=O)cc1)NCCCOCC1CCOCC1. The van der Waals surface area contributed by atoms with Crippen molar-refractivity contribution < 1.29 is 14.3 Å². The Hall–Kier alpha value is -2.12. The van der Waals surface area contributed by atoms with Crippen LogP contribution in [0.15, 0.2) is 29.3 Å². The molecule has 7 nitrogen and oxygen atoms in total. The van der Waals surface area contributed by atoms with E-state index in [0.29, 0.717) is 18.0 Å². The third kappa shape index (κ3) is 8.41. The van der Waals surface area contributed by atoms with Crippen molar-refractivity contribution in [1.82, 2.24) is 10.6 Å². The molecule has 1 aromatic rings. The standard InChI is InChI=1S/C20H32N4O3/c1-2-22-20(24-14-16-4-6-18(7-5-16)19(21)25)23-10-3-11-27-15-17-8-12-26-13-9-17/h4-7,17H,2-3,8-15H2,1H3,(H2,21,25)(H2,22,23,24). The first-order chi connectivity index (χ1) is 13.2. The zero-order valence-corrected chi connectivity index (χ0v) is 16.2. The number of hydrogen-bond donors (Lipinski definition) is 3. The Morgan fingerprint density at radius 3 is 2.67 bits per heavy atom. The van der Waals surface area contributed by atoms with E-state index in [0.717, 1.165) is 70.3 Å². The number of guanidine groups is 1. The quantitative estimate of drug-likeness (QED) is 0.328. The van der Waals surface area contributed by atoms with Crippen molar-refractivity contribution in [2.75, 3.05) is 39.5 Å². The Labute approximate surface area is 161 Å². The van der Waals surface area contributed by atoms with Crippen molar-refractivity contribution >= 4 is 11.9 Å². The number of aliphatic imine (C=N–C) groups is 1. The van der Waals surface area contributed by atoms with Gasteiger partial charge in [0.2, 0.25) is 5.91 Å². The molecule has 1 amide bonds. The fraction of sp³-hybridized carbons (Fsp3) is 0.600. The molecule has 4 N–H and O–H groups in total. The highest BCUT2D eigenvalue weighted by Gasteiger charge is 2.13. The monoisotopic (exact) mass is 376 g/mol. The van der Waals surface area contributed by atoms with Crippen LogP contribution in [0.2, 0.25) is 0 Å². The molecule has 2 rings (SSSR count). The highest BCUT2D eigenvalue weighted by atomic mass is 16.5. The molecule has 0 atom stereocenters. The zero-order chi connectivity index (χ0) is 19.3. The van der Waals surface area contributed by atoms with Gasteiger partial charge in [-0.3, -0.25) is 4.79 Å². The fourth-order valence-electron chi connectivity index (χ4n) is 2.83. The number of benzene rings is 1. The third-order valence-electron chi connectivity index (χ3n) is 4.45. The summed E-state index contributed by atoms with van der Waals surface area (Å²) in [6.07, 6.45) is 3.15. The van der Waals surface area contributed by atoms with Gasteiger partial charge in [-0.25, -0.2) is 4.99 Å². The molecule has 7 heteroatoms. The van der Waals surface area contributed by atoms with E-state index in [-0.39, 0.29) is 0 Å². The molecular weight excluding hydrogens is 344 g/mol. The Balaban J connectivity index is 1.66. The number of amides is 1. The van der Waals surface area contributed by atoms with Gasteiger partial charge >= 0.3 is 0 Å². The van der Waals surface area contributed by atoms with Crippen LogP contribution in [0.5, 0.6) is 0 Å². The molecule has 0 unspecified atom stereocenters. The minimum absolute atomic E-state index is 0.418. The molecule has 0 aromatic heterocycles. The number of nitrogens with one attached hydrogen (secondary N) is 2. The van der Waals surface area contributed by atoms with Gasteiger partial charge in [0.1, 0.15) is 0 Å². The average molecular weight is 377 g/mol. The molecular formula is C20H32N4O3. The summed E-state index contributed by atoms with van der Waals surface area (Å²) in [5.41, 5.74) is 6.79. The summed E-state index contributed by atoms with van der Waals surface area (Å²) in [5, 5.41) is 6.56. The second kappa shape index (κ2) is 12.3. The first-order valence-corrected chi connectivity index (χ1v) is 9.75. The number of rotatable bonds is 10. The van der Waals surface area contributed by atoms with Crippen molar-refractivity contribution in [2.24, 2.45) is 16.6 Å². The van der Waals surface area contributed by atoms with Crippen LogP contribution in [0.1, 0.15) is 42.1 Å². The van der Waals surface area contributed by atoms with Crippen LogP contribution >= 0.6 is 0 Å². The van der Waals surface area contributed by atoms with Crippen LogP contribution < -0.4 is 16.4 Å². The minimum atomic E-state index is -0.418. The molecule has 1 aromatic carbocycles. The third-order valence-corrected chi connectivity index (χ3v) is 4.45. The van der Waals surface area contributed by atoms with E-state index in [1.54, 1.807) is 12.1 Å². The van der Waals surface area contributed by atoms with E-state index >= 15 is 0 Å². The fourth-order valence-corrected chi connectivity index (χ4v) is 2.83. The maximum absolute atomic E-state index is 11.1. The lowest BCUT2D eigenvalue weighted by atomic mass is 10.0. The highest BCUT2D eigenvalue weighted by molar-refractivity contribution is 5.92. The zero-order valence-electron chi connectivity index (χ0n) is 16.2. The van der Waals surface area contributed by atoms with E-state index < -0.39 is 5.91 Å². The van der Waals surface area contributed by atoms with Gasteiger partial charge in [0.25, 0.3) is 0 Å². The van der Waals surface area contributed by atoms with E-state index in [2.05, 4.69) is 15.6 Å². The van der Waals surface area contributed by atoms with Crippen molar-refractivity contribution in [3.8, 4) is 0 Å². The van der Waals surface area contributed by atoms with Crippen molar-refractivity contribution in [2.45, 2.75) is 32.7 Å². The second-order valence-electron chi connectivity index (χ2n) is 6.67. The van der Waals surface area contributed by atoms with Gasteiger partial charge in [-0.15, -0.1) is 0 Å². The summed E-state index contributed by atoms with van der Waals surface area (Å²) in [4.78, 5) is 15.7. The summed E-state index contributed by atoms with van der Waals surface area (Å²) < 4.78 is 11.1. The van der Waals surface area contributed by atoms with Crippen molar-refractivity contribution in [3.05, 3.63) is 35.4 Å². The first-order valence-electron chi connectivity index (χ1n) is 9.75. The summed E-state index contributed by atoms with van der Waals surface area (Å²) in [6.45, 7) is 7.49. The molecule has 1 heterocycles. The number of hydrogen-bond acceptors (Lipinski definition) is 4. The molecule has 0 saturated carbocycles. The molecule has 0 spiro atoms. The molecule has 1 aliphatic heterocycles. The minimum Gasteiger partial charge on any atom is -0.381 e. The maximum Gasteiger partial charge on any atom is 0.248 e. The second-order valence-corrected chi connectivity index (χ2v) is 6.67. The number of carbonyl (C=O) groups is 1. The molecule has 1 aliphatic rings. The highest BCUT2D eigenvalue weighted by Crippen LogP contribution is 2.14. The molecule has 150 valence electrons. The number of nitrogens with zero attached hydrogens (tertiary/aromatic N) is 1. The summed E-state index contributed by atoms with van der Waals surface area (Å²) >= 11 is 0. The van der Waals surface area contributed by atoms with E-state index in [1.165, 1.54) is 0 Å². The lowest BCUT2D eigenvalue weighted by Crippen LogP contribution is -2.38. The Morgan fingerprint density at radius 1 is 1.26 bits per heavy atom. The van der Waals surface area contributed by atoms with Crippen molar-refractivity contribution in [3.63, 3.8) is 0 Å². The molecule has 0 radical (unpaired) electrons. The molecule has 1 saturated heterocycles. The van der Waals surface area contributed by atoms with Gasteiger partial charge in [0.15, 0.2) is 5.96 Å². The average Bonchev–Trinajstić information content (AvgIpc) is 2.69. The van der Waals surface area contributed by atoms with Crippen LogP contribution in [0, 0.1) is 5.92 Å². The molecule has 1 fully saturated rings. The molecule has 0 aliphatic carbocycles. The summed E-state index contributed by atoms with van der Waals surface area (Å²) in [5.74, 6) is 1.01. The smallest absolute Gasteiger partial charge is 0.248 e. The van der Waals surface area contributed by atoms with Crippen LogP contribution in [-0.2, 0) is 16.0 Å². The van der Waals surface area contributed by atoms with Crippen molar-refractivity contribution in [1.29, 1.82) is 0 Å². The van der Waals surface area contributed by atoms with Gasteiger partial charge in [-0.05, 0) is 49.8 Å². The largest absolute Gasteiger partial charge is 0.381 e. The summed E-state index contributed by atoms with van der Waals surface area (Å²) in [6, 6.07) is 7.20. The van der Waals surface area contributed by atoms with E-state index in [4.69, 9.17) is 15.2 Å². The maximum atomic E-state index is 11.1. The summed E-state index contributed by atoms with van der Waals surface area (Å²) in [7, 11) is 0. The van der Waals surface area contributed by atoms with Gasteiger partial charge in [-0.2, -0.15) is 0 Å². The van der Waals surface area contributed by atoms with E-state index in [9.17, 15) is 4.79 Å². The van der Waals surface area contributed by atoms with Crippen LogP contribution in [0.4, 0.5) is 0 Å². The van der Waals surface area contributed by atoms with Gasteiger partial charge in [0, 0.05) is 45.1 Å². The number of ether oxygens (including phenoxy) is 2. The number of primary amides is 1. The van der Waals surface area contributed by atoms with Gasteiger partial charge in [-0.1, -0.05) is 12.1 Å². The topological polar surface area (TPSA) is 98.0 Å². The van der Waals surface area contributed by atoms with Crippen LogP contribution in [0.3, 0.4) is 0 Å². The van der Waals surface area contributed by atoms with E-state index in [1.807, 2.05) is 19.1 Å². The lowest BCUT2D eigenvalue weighted by Gasteiger charge is -2.21. The number of carbonyl (C=O) groups excluding carboxylic acids is 1. The predicted molar refractivity (Wildman–Crippen MR) is 107 cm³/mol. The van der Waals surface area contributed by atoms with Crippen LogP contribution in [0.25, 0.3) is 0 Å². The Morgan fingerprint density at radius 2 is 2.00 bits per heavy atom. The first kappa shape index (κ1) is 21.2. The Kier molecular flexibility index (Phi) is 9.65. The van der Waals surface area contributed by atoms with Gasteiger partial charge in [0.05, 0.1) is 6.54 Å². The lowest BCUT2D eigenvalue weighted by molar-refractivity contribution is 0.0203. The molecule has 27 heavy (non-hydrogen) atoms. The molecule has 0 bridgehead atoms. The number of nitrogens with two attached hydrogens (primary N) is 1. The Bertz CT molecular complexity index is 583. The predicted octanol–water partition coefficient (Wildman–Crippen LogP) is 1.67. The normalized spacial score (nSPS) is 15.5.